The molecule has 5 nitrogen and oxygen atoms in total. The van der Waals surface area contributed by atoms with Gasteiger partial charge in [0.1, 0.15) is 5.82 Å². The highest BCUT2D eigenvalue weighted by Crippen LogP contribution is 2.59. The molecule has 5 heteroatoms. The van der Waals surface area contributed by atoms with Gasteiger partial charge in [-0.05, 0) is 38.0 Å². The highest BCUT2D eigenvalue weighted by atomic mass is 16.5. The number of hydrogen-bond acceptors (Lipinski definition) is 3. The lowest BCUT2D eigenvalue weighted by Crippen LogP contribution is -2.42. The number of imidazole rings is 1. The fourth-order valence-corrected chi connectivity index (χ4v) is 4.05. The van der Waals surface area contributed by atoms with E-state index >= 15 is 0 Å². The molecule has 1 saturated carbocycles. The van der Waals surface area contributed by atoms with Gasteiger partial charge in [0.2, 0.25) is 5.91 Å². The number of carbonyl (C=O) groups excluding carboxylic acids is 1. The number of aryl methyl sites for hydroxylation is 2. The third-order valence-electron chi connectivity index (χ3n) is 5.45. The third kappa shape index (κ3) is 2.37. The minimum Gasteiger partial charge on any atom is -0.381 e. The Hall–Kier alpha value is -1.36. The van der Waals surface area contributed by atoms with Crippen LogP contribution in [-0.4, -0.2) is 34.7 Å². The Morgan fingerprint density at radius 2 is 2.29 bits per heavy atom. The summed E-state index contributed by atoms with van der Waals surface area (Å²) < 4.78 is 7.62. The van der Waals surface area contributed by atoms with Gasteiger partial charge in [0.15, 0.2) is 0 Å². The molecule has 2 fully saturated rings. The number of rotatable bonds is 2. The fourth-order valence-electron chi connectivity index (χ4n) is 4.05. The standard InChI is InChI=1S/C16H23N3O2/c1-11-9-19-10-12(2-3-14(19)17-11)18-15(20)13-8-16(13)4-6-21-7-5-16/h9,12-13H,2-8,10H2,1H3,(H,18,20)/t12-,13-/m1/s1. The van der Waals surface area contributed by atoms with Crippen molar-refractivity contribution in [2.45, 2.75) is 51.6 Å². The van der Waals surface area contributed by atoms with Crippen molar-refractivity contribution >= 4 is 5.91 Å². The SMILES string of the molecule is Cc1cn2c(n1)CC[C@@H](NC(=O)[C@H]1CC13CCOCC3)C2. The Balaban J connectivity index is 1.36. The molecule has 0 aromatic carbocycles. The van der Waals surface area contributed by atoms with Crippen molar-refractivity contribution in [1.29, 1.82) is 0 Å². The summed E-state index contributed by atoms with van der Waals surface area (Å²) in [6.07, 6.45) is 7.23. The van der Waals surface area contributed by atoms with Crippen LogP contribution in [0.5, 0.6) is 0 Å². The Morgan fingerprint density at radius 1 is 1.48 bits per heavy atom. The Labute approximate surface area is 125 Å². The van der Waals surface area contributed by atoms with Crippen molar-refractivity contribution in [3.05, 3.63) is 17.7 Å². The van der Waals surface area contributed by atoms with Gasteiger partial charge in [0.05, 0.1) is 5.69 Å². The average Bonchev–Trinajstić information content (AvgIpc) is 3.02. The normalized spacial score (nSPS) is 30.0. The lowest BCUT2D eigenvalue weighted by molar-refractivity contribution is -0.124. The van der Waals surface area contributed by atoms with Gasteiger partial charge in [-0.1, -0.05) is 0 Å². The minimum absolute atomic E-state index is 0.229. The van der Waals surface area contributed by atoms with Crippen LogP contribution in [0.2, 0.25) is 0 Å². The van der Waals surface area contributed by atoms with Gasteiger partial charge in [-0.15, -0.1) is 0 Å². The van der Waals surface area contributed by atoms with Crippen LogP contribution in [0.25, 0.3) is 0 Å². The minimum atomic E-state index is 0.229. The molecule has 1 saturated heterocycles. The first-order valence-electron chi connectivity index (χ1n) is 8.07. The number of fused-ring (bicyclic) bond motifs is 1. The first-order chi connectivity index (χ1) is 10.2. The van der Waals surface area contributed by atoms with Crippen LogP contribution in [0.15, 0.2) is 6.20 Å². The van der Waals surface area contributed by atoms with Gasteiger partial charge < -0.3 is 14.6 Å². The lowest BCUT2D eigenvalue weighted by atomic mass is 9.93. The van der Waals surface area contributed by atoms with Crippen molar-refractivity contribution < 1.29 is 9.53 Å². The summed E-state index contributed by atoms with van der Waals surface area (Å²) in [7, 11) is 0. The molecular formula is C16H23N3O2. The molecular weight excluding hydrogens is 266 g/mol. The molecule has 114 valence electrons. The van der Waals surface area contributed by atoms with Crippen LogP contribution in [0.4, 0.5) is 0 Å². The smallest absolute Gasteiger partial charge is 0.223 e. The molecule has 2 aliphatic heterocycles. The van der Waals surface area contributed by atoms with Gasteiger partial charge >= 0.3 is 0 Å². The van der Waals surface area contributed by atoms with Crippen molar-refractivity contribution in [2.75, 3.05) is 13.2 Å². The topological polar surface area (TPSA) is 56.2 Å². The van der Waals surface area contributed by atoms with Crippen molar-refractivity contribution in [1.82, 2.24) is 14.9 Å². The van der Waals surface area contributed by atoms with Crippen LogP contribution in [0, 0.1) is 18.3 Å². The van der Waals surface area contributed by atoms with E-state index in [-0.39, 0.29) is 23.3 Å². The molecule has 0 unspecified atom stereocenters. The van der Waals surface area contributed by atoms with Gasteiger partial charge in [-0.25, -0.2) is 4.98 Å². The van der Waals surface area contributed by atoms with E-state index in [9.17, 15) is 4.79 Å². The lowest BCUT2D eigenvalue weighted by Gasteiger charge is -2.26. The molecule has 0 bridgehead atoms. The number of nitrogens with one attached hydrogen (secondary N) is 1. The van der Waals surface area contributed by atoms with Crippen LogP contribution in [0.1, 0.15) is 37.2 Å². The molecule has 2 atom stereocenters. The van der Waals surface area contributed by atoms with Crippen molar-refractivity contribution in [3.8, 4) is 0 Å². The monoisotopic (exact) mass is 289 g/mol. The number of nitrogens with zero attached hydrogens (tertiary/aromatic N) is 2. The summed E-state index contributed by atoms with van der Waals surface area (Å²) in [5, 5.41) is 3.27. The molecule has 1 aromatic heterocycles. The van der Waals surface area contributed by atoms with E-state index in [1.54, 1.807) is 0 Å². The van der Waals surface area contributed by atoms with E-state index in [1.165, 1.54) is 0 Å². The quantitative estimate of drug-likeness (QED) is 0.896. The van der Waals surface area contributed by atoms with Crippen LogP contribution >= 0.6 is 0 Å². The van der Waals surface area contributed by atoms with Gasteiger partial charge in [-0.3, -0.25) is 4.79 Å². The predicted octanol–water partition coefficient (Wildman–Crippen LogP) is 1.44. The molecule has 1 N–H and O–H groups in total. The number of amides is 1. The fraction of sp³-hybridized carbons (Fsp3) is 0.750. The first-order valence-corrected chi connectivity index (χ1v) is 8.07. The van der Waals surface area contributed by atoms with Crippen molar-refractivity contribution in [2.24, 2.45) is 11.3 Å². The first kappa shape index (κ1) is 13.3. The number of hydrogen-bond donors (Lipinski definition) is 1. The zero-order chi connectivity index (χ0) is 14.4. The highest BCUT2D eigenvalue weighted by molar-refractivity contribution is 5.82. The van der Waals surface area contributed by atoms with E-state index in [0.29, 0.717) is 0 Å². The van der Waals surface area contributed by atoms with E-state index < -0.39 is 0 Å². The largest absolute Gasteiger partial charge is 0.381 e. The van der Waals surface area contributed by atoms with Gasteiger partial charge in [-0.2, -0.15) is 0 Å². The maximum absolute atomic E-state index is 12.5. The predicted molar refractivity (Wildman–Crippen MR) is 77.8 cm³/mol. The zero-order valence-electron chi connectivity index (χ0n) is 12.6. The number of aromatic nitrogens is 2. The molecule has 1 amide bonds. The van der Waals surface area contributed by atoms with E-state index in [0.717, 1.165) is 63.4 Å². The second-order valence-corrected chi connectivity index (χ2v) is 6.93. The van der Waals surface area contributed by atoms with E-state index in [4.69, 9.17) is 4.74 Å². The van der Waals surface area contributed by atoms with Crippen molar-refractivity contribution in [3.63, 3.8) is 0 Å². The molecule has 3 aliphatic rings. The summed E-state index contributed by atoms with van der Waals surface area (Å²) in [4.78, 5) is 17.0. The summed E-state index contributed by atoms with van der Waals surface area (Å²) in [5.41, 5.74) is 1.34. The van der Waals surface area contributed by atoms with Gasteiger partial charge in [0.25, 0.3) is 0 Å². The molecule has 4 rings (SSSR count). The summed E-state index contributed by atoms with van der Waals surface area (Å²) >= 11 is 0. The maximum atomic E-state index is 12.5. The zero-order valence-corrected chi connectivity index (χ0v) is 12.6. The molecule has 1 aliphatic carbocycles. The van der Waals surface area contributed by atoms with Crippen LogP contribution in [-0.2, 0) is 22.5 Å². The number of ether oxygens (including phenoxy) is 1. The number of carbonyl (C=O) groups is 1. The summed E-state index contributed by atoms with van der Waals surface area (Å²) in [6.45, 7) is 4.54. The Morgan fingerprint density at radius 3 is 3.10 bits per heavy atom. The van der Waals surface area contributed by atoms with E-state index in [2.05, 4.69) is 21.1 Å². The Kier molecular flexibility index (Phi) is 3.06. The third-order valence-corrected chi connectivity index (χ3v) is 5.45. The average molecular weight is 289 g/mol. The molecule has 1 spiro atoms. The molecule has 3 heterocycles. The summed E-state index contributed by atoms with van der Waals surface area (Å²) in [5.74, 6) is 1.65. The summed E-state index contributed by atoms with van der Waals surface area (Å²) in [6, 6.07) is 0.260. The molecule has 21 heavy (non-hydrogen) atoms. The van der Waals surface area contributed by atoms with Crippen LogP contribution < -0.4 is 5.32 Å². The second-order valence-electron chi connectivity index (χ2n) is 6.93. The molecule has 1 aromatic rings. The maximum Gasteiger partial charge on any atom is 0.223 e. The van der Waals surface area contributed by atoms with Gasteiger partial charge in [0, 0.05) is 44.3 Å². The highest BCUT2D eigenvalue weighted by Gasteiger charge is 2.58. The second kappa shape index (κ2) is 4.83. The van der Waals surface area contributed by atoms with Crippen LogP contribution in [0.3, 0.4) is 0 Å². The Bertz CT molecular complexity index is 560. The van der Waals surface area contributed by atoms with E-state index in [1.807, 2.05) is 6.92 Å². The molecule has 0 radical (unpaired) electrons.